The van der Waals surface area contributed by atoms with Crippen LogP contribution in [-0.2, 0) is 9.47 Å². The summed E-state index contributed by atoms with van der Waals surface area (Å²) >= 11 is 2.97. The normalized spacial score (nSPS) is 18.6. The summed E-state index contributed by atoms with van der Waals surface area (Å²) < 4.78 is 35.7. The van der Waals surface area contributed by atoms with Gasteiger partial charge in [-0.25, -0.2) is 20.2 Å². The Morgan fingerprint density at radius 1 is 0.573 bits per heavy atom. The van der Waals surface area contributed by atoms with E-state index in [2.05, 4.69) is 131 Å². The fraction of sp³-hybridized carbons (Fsp3) is 0.264. The molecule has 4 aromatic carbocycles. The molecule has 0 N–H and O–H groups in total. The number of hydrazone groups is 2. The first-order chi connectivity index (χ1) is 42.9. The molecular formula is C72H66N8O7S2. The van der Waals surface area contributed by atoms with Crippen LogP contribution in [0.4, 0.5) is 11.4 Å². The molecule has 0 amide bonds. The van der Waals surface area contributed by atoms with Gasteiger partial charge in [0.15, 0.2) is 29.3 Å². The van der Waals surface area contributed by atoms with Crippen molar-refractivity contribution in [2.45, 2.75) is 87.2 Å². The van der Waals surface area contributed by atoms with Gasteiger partial charge in [0.1, 0.15) is 48.6 Å². The number of ether oxygens (including phenoxy) is 6. The molecule has 0 saturated carbocycles. The van der Waals surface area contributed by atoms with Gasteiger partial charge in [0.2, 0.25) is 0 Å². The van der Waals surface area contributed by atoms with Gasteiger partial charge in [0, 0.05) is 23.7 Å². The largest absolute Gasteiger partial charge is 0.485 e. The fourth-order valence-electron chi connectivity index (χ4n) is 10.4. The second-order valence-corrected chi connectivity index (χ2v) is 25.7. The van der Waals surface area contributed by atoms with Crippen molar-refractivity contribution in [3.8, 4) is 35.1 Å². The molecule has 0 saturated heterocycles. The predicted molar refractivity (Wildman–Crippen MR) is 351 cm³/mol. The first-order valence-corrected chi connectivity index (χ1v) is 30.7. The highest BCUT2D eigenvalue weighted by Crippen LogP contribution is 2.50. The highest BCUT2D eigenvalue weighted by atomic mass is 32.1. The van der Waals surface area contributed by atoms with Crippen LogP contribution in [0, 0.1) is 60.5 Å². The second-order valence-electron chi connectivity index (χ2n) is 23.6. The number of fused-ring (bicyclic) bond motifs is 2. The number of thiophene rings is 2. The number of carbonyl (C=O) groups is 1. The van der Waals surface area contributed by atoms with Crippen molar-refractivity contribution in [1.29, 1.82) is 10.5 Å². The number of nitriles is 2. The molecule has 0 fully saturated rings. The van der Waals surface area contributed by atoms with Crippen LogP contribution in [0.5, 0.6) is 23.0 Å². The highest BCUT2D eigenvalue weighted by Gasteiger charge is 2.37. The van der Waals surface area contributed by atoms with Crippen LogP contribution in [-0.4, -0.2) is 44.1 Å². The number of carbonyl (C=O) groups excluding carboxylic acids is 1. The van der Waals surface area contributed by atoms with E-state index in [1.165, 1.54) is 33.6 Å². The van der Waals surface area contributed by atoms with Gasteiger partial charge in [-0.05, 0) is 115 Å². The van der Waals surface area contributed by atoms with Crippen molar-refractivity contribution in [3.05, 3.63) is 250 Å². The van der Waals surface area contributed by atoms with Gasteiger partial charge in [-0.15, -0.1) is 22.7 Å². The number of hydrogen-bond donors (Lipinski definition) is 0. The van der Waals surface area contributed by atoms with Crippen molar-refractivity contribution in [2.24, 2.45) is 21.0 Å². The Labute approximate surface area is 528 Å². The summed E-state index contributed by atoms with van der Waals surface area (Å²) in [6.07, 6.45) is 13.1. The van der Waals surface area contributed by atoms with E-state index in [1.807, 2.05) is 84.9 Å². The summed E-state index contributed by atoms with van der Waals surface area (Å²) in [5.41, 5.74) is 9.56. The lowest BCUT2D eigenvalue weighted by Crippen LogP contribution is -2.18. The molecule has 6 aliphatic heterocycles. The van der Waals surface area contributed by atoms with E-state index in [9.17, 15) is 10.1 Å². The molecule has 0 spiro atoms. The Morgan fingerprint density at radius 3 is 1.45 bits per heavy atom. The lowest BCUT2D eigenvalue weighted by atomic mass is 9.91. The Morgan fingerprint density at radius 2 is 1.01 bits per heavy atom. The number of allylic oxidation sites excluding steroid dienone is 12. The number of benzene rings is 4. The molecule has 89 heavy (non-hydrogen) atoms. The summed E-state index contributed by atoms with van der Waals surface area (Å²) in [6, 6.07) is 41.6. The van der Waals surface area contributed by atoms with Gasteiger partial charge in [-0.2, -0.15) is 10.2 Å². The minimum Gasteiger partial charge on any atom is -0.485 e. The van der Waals surface area contributed by atoms with Gasteiger partial charge in [0.25, 0.3) is 11.4 Å². The topological polar surface area (TPSA) is 160 Å². The summed E-state index contributed by atoms with van der Waals surface area (Å²) in [5.74, 6) is 5.32. The molecular weight excluding hydrogens is 1150 g/mol. The average Bonchev–Trinajstić information content (AvgIpc) is 1.81. The van der Waals surface area contributed by atoms with Crippen molar-refractivity contribution < 1.29 is 33.2 Å². The van der Waals surface area contributed by atoms with E-state index >= 15 is 0 Å². The fourth-order valence-corrected chi connectivity index (χ4v) is 12.5. The molecule has 2 aromatic heterocycles. The monoisotopic (exact) mass is 1220 g/mol. The first kappa shape index (κ1) is 61.9. The maximum Gasteiger partial charge on any atom is 0.269 e. The van der Waals surface area contributed by atoms with E-state index in [-0.39, 0.29) is 34.3 Å². The predicted octanol–water partition coefficient (Wildman–Crippen LogP) is 17.3. The van der Waals surface area contributed by atoms with Gasteiger partial charge >= 0.3 is 0 Å². The van der Waals surface area contributed by atoms with Crippen molar-refractivity contribution in [1.82, 2.24) is 0 Å². The zero-order valence-electron chi connectivity index (χ0n) is 51.1. The SMILES string of the molecule is Cc1cccc(N2N=C(c3sc(C=O)c4c3OCCO4)CC2c2ccccc2)c1.[C-]#[N+]/C(C#N)=C1/C=C(C)OC(C(C)(C)C)=C1.[C-]#[N+]/C(C#N)=C1C=C(/C=C/c2sc(C3=NN(c4cccc(C)c4)C(c4ccccc4)C3)c3c2OCCO3)OC(C(C)(C)C)=C/1. The standard InChI is InChI=1S/C36H32N4O3S.C23H20N2O3S.C13H14N2O/c1-23-10-9-13-26(18-23)40-30(24-11-7-6-8-12-24)21-28(39-40)35-34-33(41-16-17-42-34)31(44-35)15-14-27-19-25(29(22-37)38-5)20-32(43-27)36(2,3)4;1-15-6-5-9-17(12-15)25-19(16-7-3-2-4-8-16)13-18(24-25)23-22-21(20(14-26)29-23)27-10-11-28-22;1-9-6-10(11(8-14)15-5)7-12(16-9)13(2,3)4/h6-15,18-20,30H,16-17,21H2,1-4H3;2-9,12,14,19H,10-11,13H2,1H3;6-7H,1-4H3/b15-14+,29-25-;;11-10-. The molecule has 6 aliphatic rings. The van der Waals surface area contributed by atoms with Crippen LogP contribution in [0.2, 0.25) is 0 Å². The molecule has 2 unspecified atom stereocenters. The minimum atomic E-state index is -0.313. The van der Waals surface area contributed by atoms with E-state index in [0.29, 0.717) is 89.1 Å². The van der Waals surface area contributed by atoms with Crippen LogP contribution < -0.4 is 29.0 Å². The van der Waals surface area contributed by atoms with Gasteiger partial charge < -0.3 is 28.4 Å². The van der Waals surface area contributed by atoms with Crippen LogP contribution in [0.25, 0.3) is 15.8 Å². The molecule has 6 aromatic rings. The third-order valence-electron chi connectivity index (χ3n) is 14.8. The number of aldehydes is 1. The zero-order valence-corrected chi connectivity index (χ0v) is 52.7. The van der Waals surface area contributed by atoms with Gasteiger partial charge in [-0.3, -0.25) is 14.8 Å². The molecule has 15 nitrogen and oxygen atoms in total. The molecule has 0 aliphatic carbocycles. The second kappa shape index (κ2) is 26.8. The van der Waals surface area contributed by atoms with Crippen molar-refractivity contribution in [2.75, 3.05) is 36.4 Å². The number of nitrogens with zero attached hydrogens (tertiary/aromatic N) is 8. The Hall–Kier alpha value is -10.2. The lowest BCUT2D eigenvalue weighted by Gasteiger charge is -2.26. The lowest BCUT2D eigenvalue weighted by molar-refractivity contribution is 0.111. The number of aryl methyl sites for hydroxylation is 2. The Kier molecular flexibility index (Phi) is 18.7. The molecule has 17 heteroatoms. The maximum atomic E-state index is 11.5. The van der Waals surface area contributed by atoms with Crippen LogP contribution >= 0.6 is 22.7 Å². The smallest absolute Gasteiger partial charge is 0.269 e. The van der Waals surface area contributed by atoms with Gasteiger partial charge in [-0.1, -0.05) is 126 Å². The molecule has 8 heterocycles. The van der Waals surface area contributed by atoms with E-state index in [1.54, 1.807) is 35.6 Å². The third kappa shape index (κ3) is 14.0. The Bertz CT molecular complexity index is 4160. The number of anilines is 2. The third-order valence-corrected chi connectivity index (χ3v) is 17.1. The quantitative estimate of drug-likeness (QED) is 0.0770. The Balaban J connectivity index is 0.000000166. The average molecular weight is 1220 g/mol. The van der Waals surface area contributed by atoms with E-state index in [0.717, 1.165) is 55.9 Å². The molecule has 0 bridgehead atoms. The summed E-state index contributed by atoms with van der Waals surface area (Å²) in [5, 5.41) is 32.7. The zero-order chi connectivity index (χ0) is 63.0. The molecule has 448 valence electrons. The number of hydrogen-bond acceptors (Lipinski definition) is 15. The van der Waals surface area contributed by atoms with E-state index < -0.39 is 0 Å². The van der Waals surface area contributed by atoms with Crippen LogP contribution in [0.3, 0.4) is 0 Å². The molecule has 2 atom stereocenters. The highest BCUT2D eigenvalue weighted by molar-refractivity contribution is 7.16. The minimum absolute atomic E-state index is 0.0267. The summed E-state index contributed by atoms with van der Waals surface area (Å²) in [6.45, 7) is 34.4. The number of rotatable bonds is 9. The first-order valence-electron chi connectivity index (χ1n) is 29.1. The van der Waals surface area contributed by atoms with Crippen LogP contribution in [0.1, 0.15) is 120 Å². The summed E-state index contributed by atoms with van der Waals surface area (Å²) in [4.78, 5) is 21.4. The molecule has 12 rings (SSSR count). The van der Waals surface area contributed by atoms with E-state index in [4.69, 9.17) is 57.0 Å². The summed E-state index contributed by atoms with van der Waals surface area (Å²) in [7, 11) is 0. The maximum absolute atomic E-state index is 11.5. The van der Waals surface area contributed by atoms with Crippen molar-refractivity contribution >= 4 is 57.8 Å². The molecule has 0 radical (unpaired) electrons. The van der Waals surface area contributed by atoms with Gasteiger partial charge in [0.05, 0.1) is 80.6 Å². The van der Waals surface area contributed by atoms with Crippen molar-refractivity contribution in [3.63, 3.8) is 0 Å². The van der Waals surface area contributed by atoms with Crippen LogP contribution in [0.15, 0.2) is 195 Å².